The van der Waals surface area contributed by atoms with Crippen molar-refractivity contribution in [1.82, 2.24) is 19.6 Å². The number of hydrogen-bond acceptors (Lipinski definition) is 5. The lowest BCUT2D eigenvalue weighted by Gasteiger charge is -2.10. The van der Waals surface area contributed by atoms with Crippen LogP contribution in [0.2, 0.25) is 5.02 Å². The van der Waals surface area contributed by atoms with Gasteiger partial charge in [0, 0.05) is 10.6 Å². The van der Waals surface area contributed by atoms with E-state index in [1.165, 1.54) is 0 Å². The van der Waals surface area contributed by atoms with Crippen LogP contribution in [0.25, 0.3) is 27.3 Å². The van der Waals surface area contributed by atoms with Crippen LogP contribution in [0.1, 0.15) is 16.7 Å². The number of aryl methyl sites for hydroxylation is 2. The second-order valence-corrected chi connectivity index (χ2v) is 8.22. The highest BCUT2D eigenvalue weighted by atomic mass is 35.5. The summed E-state index contributed by atoms with van der Waals surface area (Å²) in [6.07, 6.45) is 1.71. The van der Waals surface area contributed by atoms with E-state index in [9.17, 15) is 0 Å². The molecule has 2 aromatic carbocycles. The Morgan fingerprint density at radius 2 is 1.83 bits per heavy atom. The summed E-state index contributed by atoms with van der Waals surface area (Å²) in [5.41, 5.74) is 4.89. The lowest BCUT2D eigenvalue weighted by atomic mass is 10.1. The van der Waals surface area contributed by atoms with E-state index in [0.29, 0.717) is 12.4 Å². The molecule has 0 aliphatic rings. The number of nitrogens with zero attached hydrogens (tertiary/aromatic N) is 4. The average molecular weight is 421 g/mol. The van der Waals surface area contributed by atoms with E-state index in [4.69, 9.17) is 21.3 Å². The van der Waals surface area contributed by atoms with Gasteiger partial charge in [0.1, 0.15) is 23.5 Å². The van der Waals surface area contributed by atoms with E-state index < -0.39 is 0 Å². The Hall–Kier alpha value is -2.96. The van der Waals surface area contributed by atoms with E-state index in [0.717, 1.165) is 48.9 Å². The van der Waals surface area contributed by atoms with Gasteiger partial charge in [0.05, 0.1) is 5.39 Å². The molecule has 144 valence electrons. The molecular weight excluding hydrogens is 404 g/mol. The molecule has 7 heteroatoms. The van der Waals surface area contributed by atoms with Crippen LogP contribution in [0.4, 0.5) is 0 Å². The van der Waals surface area contributed by atoms with Crippen LogP contribution in [0, 0.1) is 13.8 Å². The van der Waals surface area contributed by atoms with Crippen molar-refractivity contribution < 1.29 is 4.74 Å². The first kappa shape index (κ1) is 18.1. The van der Waals surface area contributed by atoms with Crippen LogP contribution in [0.15, 0.2) is 54.2 Å². The van der Waals surface area contributed by atoms with E-state index in [1.54, 1.807) is 22.2 Å². The monoisotopic (exact) mass is 420 g/mol. The van der Waals surface area contributed by atoms with Crippen molar-refractivity contribution in [3.05, 3.63) is 75.9 Å². The fourth-order valence-electron chi connectivity index (χ4n) is 3.29. The zero-order valence-corrected chi connectivity index (χ0v) is 17.5. The minimum absolute atomic E-state index is 0.485. The Morgan fingerprint density at radius 1 is 1.07 bits per heavy atom. The SMILES string of the molecule is Cc1cc(OCc2ccc(-c3nc4c5ccsc5ncn4n3)cc2)cc(C)c1Cl. The number of halogens is 1. The van der Waals surface area contributed by atoms with Gasteiger partial charge in [-0.3, -0.25) is 0 Å². The number of hydrogen-bond donors (Lipinski definition) is 0. The second kappa shape index (κ2) is 7.13. The zero-order chi connectivity index (χ0) is 20.0. The van der Waals surface area contributed by atoms with Gasteiger partial charge >= 0.3 is 0 Å². The highest BCUT2D eigenvalue weighted by Crippen LogP contribution is 2.27. The van der Waals surface area contributed by atoms with Crippen molar-refractivity contribution in [2.24, 2.45) is 0 Å². The van der Waals surface area contributed by atoms with Gasteiger partial charge in [-0.2, -0.15) is 0 Å². The first-order chi connectivity index (χ1) is 14.1. The summed E-state index contributed by atoms with van der Waals surface area (Å²) >= 11 is 7.83. The Labute approximate surface area is 176 Å². The molecule has 0 bridgehead atoms. The molecule has 0 aliphatic carbocycles. The molecule has 0 N–H and O–H groups in total. The number of thiophene rings is 1. The van der Waals surface area contributed by atoms with Crippen LogP contribution >= 0.6 is 22.9 Å². The quantitative estimate of drug-likeness (QED) is 0.365. The molecule has 0 aliphatic heterocycles. The van der Waals surface area contributed by atoms with Gasteiger partial charge in [0.2, 0.25) is 0 Å². The van der Waals surface area contributed by atoms with Crippen LogP contribution < -0.4 is 4.74 Å². The minimum Gasteiger partial charge on any atom is -0.489 e. The number of benzene rings is 2. The van der Waals surface area contributed by atoms with E-state index >= 15 is 0 Å². The van der Waals surface area contributed by atoms with Crippen LogP contribution in [0.3, 0.4) is 0 Å². The van der Waals surface area contributed by atoms with Gasteiger partial charge in [0.25, 0.3) is 0 Å². The summed E-state index contributed by atoms with van der Waals surface area (Å²) in [7, 11) is 0. The molecule has 0 saturated heterocycles. The average Bonchev–Trinajstić information content (AvgIpc) is 3.37. The third-order valence-electron chi connectivity index (χ3n) is 4.83. The molecule has 5 nitrogen and oxygen atoms in total. The van der Waals surface area contributed by atoms with Crippen molar-refractivity contribution in [1.29, 1.82) is 0 Å². The van der Waals surface area contributed by atoms with Crippen molar-refractivity contribution in [2.75, 3.05) is 0 Å². The highest BCUT2D eigenvalue weighted by Gasteiger charge is 2.11. The summed E-state index contributed by atoms with van der Waals surface area (Å²) < 4.78 is 7.67. The molecule has 0 spiro atoms. The van der Waals surface area contributed by atoms with Crippen LogP contribution in [0.5, 0.6) is 5.75 Å². The smallest absolute Gasteiger partial charge is 0.182 e. The van der Waals surface area contributed by atoms with Gasteiger partial charge in [-0.1, -0.05) is 35.9 Å². The molecule has 0 fully saturated rings. The molecular formula is C22H17ClN4OS. The molecule has 29 heavy (non-hydrogen) atoms. The highest BCUT2D eigenvalue weighted by molar-refractivity contribution is 7.16. The number of fused-ring (bicyclic) bond motifs is 3. The van der Waals surface area contributed by atoms with E-state index in [-0.39, 0.29) is 0 Å². The minimum atomic E-state index is 0.485. The van der Waals surface area contributed by atoms with Gasteiger partial charge in [0.15, 0.2) is 11.5 Å². The molecule has 3 heterocycles. The summed E-state index contributed by atoms with van der Waals surface area (Å²) in [4.78, 5) is 10.1. The van der Waals surface area contributed by atoms with Crippen LogP contribution in [-0.2, 0) is 6.61 Å². The van der Waals surface area contributed by atoms with Gasteiger partial charge in [-0.05, 0) is 54.1 Å². The number of aromatic nitrogens is 4. The molecule has 0 atom stereocenters. The van der Waals surface area contributed by atoms with Crippen molar-refractivity contribution >= 4 is 38.8 Å². The maximum Gasteiger partial charge on any atom is 0.182 e. The van der Waals surface area contributed by atoms with Crippen molar-refractivity contribution in [3.8, 4) is 17.1 Å². The van der Waals surface area contributed by atoms with Crippen molar-refractivity contribution in [2.45, 2.75) is 20.5 Å². The normalized spacial score (nSPS) is 11.4. The van der Waals surface area contributed by atoms with Gasteiger partial charge in [-0.25, -0.2) is 14.5 Å². The lowest BCUT2D eigenvalue weighted by Crippen LogP contribution is -1.97. The topological polar surface area (TPSA) is 52.3 Å². The molecule has 0 amide bonds. The number of ether oxygens (including phenoxy) is 1. The largest absolute Gasteiger partial charge is 0.489 e. The first-order valence-electron chi connectivity index (χ1n) is 9.16. The summed E-state index contributed by atoms with van der Waals surface area (Å²) in [5.74, 6) is 1.50. The molecule has 0 radical (unpaired) electrons. The molecule has 5 rings (SSSR count). The third kappa shape index (κ3) is 3.34. The standard InChI is InChI=1S/C22H17ClN4OS/c1-13-9-17(10-14(2)19(13)23)28-11-15-3-5-16(6-4-15)20-25-21-18-7-8-29-22(18)24-12-27(21)26-20/h3-10,12H,11H2,1-2H3. The predicted molar refractivity (Wildman–Crippen MR) is 117 cm³/mol. The lowest BCUT2D eigenvalue weighted by molar-refractivity contribution is 0.306. The molecule has 5 aromatic rings. The molecule has 0 saturated carbocycles. The Bertz CT molecular complexity index is 1320. The Kier molecular flexibility index (Phi) is 4.45. The summed E-state index contributed by atoms with van der Waals surface area (Å²) in [6, 6.07) is 14.1. The fourth-order valence-corrected chi connectivity index (χ4v) is 4.13. The number of rotatable bonds is 4. The summed E-state index contributed by atoms with van der Waals surface area (Å²) in [6.45, 7) is 4.45. The Morgan fingerprint density at radius 3 is 2.59 bits per heavy atom. The van der Waals surface area contributed by atoms with E-state index in [1.807, 2.05) is 61.7 Å². The fraction of sp³-hybridized carbons (Fsp3) is 0.136. The maximum absolute atomic E-state index is 6.22. The van der Waals surface area contributed by atoms with Crippen molar-refractivity contribution in [3.63, 3.8) is 0 Å². The Balaban J connectivity index is 1.37. The molecule has 3 aromatic heterocycles. The second-order valence-electron chi connectivity index (χ2n) is 6.94. The first-order valence-corrected chi connectivity index (χ1v) is 10.4. The van der Waals surface area contributed by atoms with Gasteiger partial charge < -0.3 is 4.74 Å². The summed E-state index contributed by atoms with van der Waals surface area (Å²) in [5, 5.41) is 8.40. The third-order valence-corrected chi connectivity index (χ3v) is 6.25. The zero-order valence-electron chi connectivity index (χ0n) is 15.9. The van der Waals surface area contributed by atoms with E-state index in [2.05, 4.69) is 10.1 Å². The van der Waals surface area contributed by atoms with Crippen LogP contribution in [-0.4, -0.2) is 19.6 Å². The van der Waals surface area contributed by atoms with Gasteiger partial charge in [-0.15, -0.1) is 16.4 Å². The maximum atomic E-state index is 6.22. The predicted octanol–water partition coefficient (Wildman–Crippen LogP) is 5.86. The molecule has 0 unspecified atom stereocenters.